The Morgan fingerprint density at radius 2 is 1.74 bits per heavy atom. The Labute approximate surface area is 208 Å². The molecule has 2 amide bonds. The minimum atomic E-state index is -0.161. The number of pyridine rings is 1. The monoisotopic (exact) mass is 489 g/mol. The summed E-state index contributed by atoms with van der Waals surface area (Å²) in [5.41, 5.74) is 5.75. The molecule has 0 spiro atoms. The second-order valence-corrected chi connectivity index (χ2v) is 9.42. The van der Waals surface area contributed by atoms with Gasteiger partial charge in [0, 0.05) is 24.8 Å². The number of carbonyl (C=O) groups is 1. The molecule has 0 saturated heterocycles. The van der Waals surface area contributed by atoms with Crippen molar-refractivity contribution in [1.29, 1.82) is 0 Å². The van der Waals surface area contributed by atoms with Crippen LogP contribution in [-0.2, 0) is 13.1 Å². The standard InChI is InChI=1S/C26H27N5OS2/c1-18-14-23(33-2)28-25(34-3)24(18)29-26(32)31(16-19-8-5-4-6-9-19)17-20-10-7-11-21(15-20)22-12-13-27-30-22/h4-15H,16-17H2,1-3H3,(H,27,30)(H,29,32). The summed E-state index contributed by atoms with van der Waals surface area (Å²) >= 11 is 3.13. The fraction of sp³-hybridized carbons (Fsp3) is 0.192. The molecule has 0 aliphatic rings. The number of urea groups is 1. The molecule has 0 aliphatic heterocycles. The third kappa shape index (κ3) is 5.81. The van der Waals surface area contributed by atoms with Crippen LogP contribution in [0.15, 0.2) is 83.0 Å². The van der Waals surface area contributed by atoms with Crippen molar-refractivity contribution in [2.75, 3.05) is 17.8 Å². The number of hydrogen-bond acceptors (Lipinski definition) is 5. The highest BCUT2D eigenvalue weighted by Crippen LogP contribution is 2.30. The van der Waals surface area contributed by atoms with E-state index < -0.39 is 0 Å². The summed E-state index contributed by atoms with van der Waals surface area (Å²) in [6.45, 7) is 2.96. The van der Waals surface area contributed by atoms with Gasteiger partial charge in [-0.15, -0.1) is 23.5 Å². The van der Waals surface area contributed by atoms with Gasteiger partial charge in [0.15, 0.2) is 0 Å². The molecule has 6 nitrogen and oxygen atoms in total. The number of hydrogen-bond donors (Lipinski definition) is 2. The van der Waals surface area contributed by atoms with Gasteiger partial charge in [-0.3, -0.25) is 5.10 Å². The van der Waals surface area contributed by atoms with Crippen LogP contribution in [0.4, 0.5) is 10.5 Å². The Kier molecular flexibility index (Phi) is 7.92. The van der Waals surface area contributed by atoms with E-state index in [0.29, 0.717) is 13.1 Å². The number of benzene rings is 2. The molecule has 4 rings (SSSR count). The topological polar surface area (TPSA) is 73.9 Å². The van der Waals surface area contributed by atoms with Gasteiger partial charge in [0.05, 0.1) is 16.4 Å². The van der Waals surface area contributed by atoms with Gasteiger partial charge >= 0.3 is 6.03 Å². The molecule has 0 atom stereocenters. The lowest BCUT2D eigenvalue weighted by atomic mass is 10.1. The second kappa shape index (κ2) is 11.3. The van der Waals surface area contributed by atoms with Gasteiger partial charge in [-0.05, 0) is 54.3 Å². The molecule has 2 N–H and O–H groups in total. The van der Waals surface area contributed by atoms with Crippen LogP contribution < -0.4 is 5.32 Å². The molecular weight excluding hydrogens is 462 g/mol. The highest BCUT2D eigenvalue weighted by Gasteiger charge is 2.19. The number of amides is 2. The number of aromatic nitrogens is 3. The van der Waals surface area contributed by atoms with E-state index in [2.05, 4.69) is 26.6 Å². The van der Waals surface area contributed by atoms with Crippen molar-refractivity contribution >= 4 is 35.2 Å². The lowest BCUT2D eigenvalue weighted by Crippen LogP contribution is -2.34. The third-order valence-corrected chi connectivity index (χ3v) is 6.70. The van der Waals surface area contributed by atoms with Crippen molar-refractivity contribution in [3.63, 3.8) is 0 Å². The molecule has 2 aromatic carbocycles. The van der Waals surface area contributed by atoms with Gasteiger partial charge in [-0.25, -0.2) is 9.78 Å². The van der Waals surface area contributed by atoms with E-state index in [9.17, 15) is 4.79 Å². The van der Waals surface area contributed by atoms with Crippen molar-refractivity contribution in [3.05, 3.63) is 89.6 Å². The summed E-state index contributed by atoms with van der Waals surface area (Å²) in [7, 11) is 0. The van der Waals surface area contributed by atoms with Crippen LogP contribution in [-0.4, -0.2) is 38.6 Å². The number of H-pyrrole nitrogens is 1. The van der Waals surface area contributed by atoms with E-state index in [1.807, 2.05) is 85.0 Å². The smallest absolute Gasteiger partial charge is 0.316 e. The molecule has 4 aromatic rings. The number of carbonyl (C=O) groups excluding carboxylic acids is 1. The minimum Gasteiger partial charge on any atom is -0.316 e. The van der Waals surface area contributed by atoms with Crippen LogP contribution >= 0.6 is 23.5 Å². The van der Waals surface area contributed by atoms with Crippen molar-refractivity contribution in [2.24, 2.45) is 0 Å². The van der Waals surface area contributed by atoms with Crippen LogP contribution in [0.2, 0.25) is 0 Å². The molecule has 8 heteroatoms. The van der Waals surface area contributed by atoms with E-state index in [0.717, 1.165) is 43.7 Å². The first-order valence-electron chi connectivity index (χ1n) is 10.9. The molecule has 2 aromatic heterocycles. The maximum atomic E-state index is 13.6. The molecule has 0 saturated carbocycles. The quantitative estimate of drug-likeness (QED) is 0.278. The summed E-state index contributed by atoms with van der Waals surface area (Å²) in [4.78, 5) is 20.1. The zero-order chi connectivity index (χ0) is 23.9. The van der Waals surface area contributed by atoms with Gasteiger partial charge in [-0.1, -0.05) is 48.5 Å². The Morgan fingerprint density at radius 1 is 0.971 bits per heavy atom. The SMILES string of the molecule is CSc1cc(C)c(NC(=O)N(Cc2ccccc2)Cc2cccc(-c3cc[nH]n3)c2)c(SC)n1. The molecule has 0 unspecified atom stereocenters. The van der Waals surface area contributed by atoms with Gasteiger partial charge in [-0.2, -0.15) is 5.10 Å². The van der Waals surface area contributed by atoms with Gasteiger partial charge < -0.3 is 10.2 Å². The van der Waals surface area contributed by atoms with Crippen LogP contribution in [0.25, 0.3) is 11.3 Å². The van der Waals surface area contributed by atoms with Gasteiger partial charge in [0.2, 0.25) is 0 Å². The van der Waals surface area contributed by atoms with Crippen molar-refractivity contribution < 1.29 is 4.79 Å². The maximum Gasteiger partial charge on any atom is 0.322 e. The third-order valence-electron chi connectivity index (χ3n) is 5.39. The van der Waals surface area contributed by atoms with Crippen molar-refractivity contribution in [3.8, 4) is 11.3 Å². The Hall–Kier alpha value is -3.23. The van der Waals surface area contributed by atoms with E-state index in [1.54, 1.807) is 18.0 Å². The Balaban J connectivity index is 1.62. The first kappa shape index (κ1) is 23.9. The zero-order valence-electron chi connectivity index (χ0n) is 19.4. The summed E-state index contributed by atoms with van der Waals surface area (Å²) in [5.74, 6) is 0. The van der Waals surface area contributed by atoms with Crippen LogP contribution in [0.5, 0.6) is 0 Å². The molecule has 0 aliphatic carbocycles. The number of rotatable bonds is 8. The number of nitrogens with one attached hydrogen (secondary N) is 2. The summed E-state index contributed by atoms with van der Waals surface area (Å²) in [5, 5.41) is 12.0. The lowest BCUT2D eigenvalue weighted by molar-refractivity contribution is 0.206. The predicted octanol–water partition coefficient (Wildman–Crippen LogP) is 6.46. The van der Waals surface area contributed by atoms with Crippen LogP contribution in [0, 0.1) is 6.92 Å². The predicted molar refractivity (Wildman–Crippen MR) is 141 cm³/mol. The van der Waals surface area contributed by atoms with Crippen LogP contribution in [0.3, 0.4) is 0 Å². The second-order valence-electron chi connectivity index (χ2n) is 7.80. The van der Waals surface area contributed by atoms with Crippen molar-refractivity contribution in [1.82, 2.24) is 20.1 Å². The molecule has 0 fully saturated rings. The van der Waals surface area contributed by atoms with E-state index in [4.69, 9.17) is 0 Å². The molecular formula is C26H27N5OS2. The lowest BCUT2D eigenvalue weighted by Gasteiger charge is -2.25. The van der Waals surface area contributed by atoms with E-state index >= 15 is 0 Å². The Morgan fingerprint density at radius 3 is 2.44 bits per heavy atom. The fourth-order valence-corrected chi connectivity index (χ4v) is 4.82. The Bertz CT molecular complexity index is 1250. The number of aryl methyl sites for hydroxylation is 1. The van der Waals surface area contributed by atoms with Crippen molar-refractivity contribution in [2.45, 2.75) is 30.1 Å². The zero-order valence-corrected chi connectivity index (χ0v) is 21.0. The molecule has 34 heavy (non-hydrogen) atoms. The number of nitrogens with zero attached hydrogens (tertiary/aromatic N) is 3. The highest BCUT2D eigenvalue weighted by molar-refractivity contribution is 7.99. The molecule has 0 bridgehead atoms. The summed E-state index contributed by atoms with van der Waals surface area (Å²) < 4.78 is 0. The molecule has 0 radical (unpaired) electrons. The molecule has 174 valence electrons. The normalized spacial score (nSPS) is 10.8. The molecule has 2 heterocycles. The number of thioether (sulfide) groups is 2. The summed E-state index contributed by atoms with van der Waals surface area (Å²) in [6, 6.07) is 22.0. The number of aromatic amines is 1. The first-order chi connectivity index (χ1) is 16.6. The summed E-state index contributed by atoms with van der Waals surface area (Å²) in [6.07, 6.45) is 5.78. The van der Waals surface area contributed by atoms with Crippen LogP contribution in [0.1, 0.15) is 16.7 Å². The van der Waals surface area contributed by atoms with Gasteiger partial charge in [0.25, 0.3) is 0 Å². The number of anilines is 1. The average Bonchev–Trinajstić information content (AvgIpc) is 3.40. The largest absolute Gasteiger partial charge is 0.322 e. The average molecular weight is 490 g/mol. The maximum absolute atomic E-state index is 13.6. The van der Waals surface area contributed by atoms with E-state index in [-0.39, 0.29) is 6.03 Å². The minimum absolute atomic E-state index is 0.161. The van der Waals surface area contributed by atoms with Gasteiger partial charge in [0.1, 0.15) is 5.03 Å². The fourth-order valence-electron chi connectivity index (χ4n) is 3.68. The van der Waals surface area contributed by atoms with E-state index in [1.165, 1.54) is 11.8 Å². The highest BCUT2D eigenvalue weighted by atomic mass is 32.2. The first-order valence-corrected chi connectivity index (χ1v) is 13.3.